The Balaban J connectivity index is 7.57. The molecule has 0 aliphatic heterocycles. The Morgan fingerprint density at radius 1 is 0.667 bits per heavy atom. The molecule has 0 rings (SSSR count). The number of carboxylic acid groups (broad SMARTS) is 1. The van der Waals surface area contributed by atoms with Crippen molar-refractivity contribution in [3.8, 4) is 0 Å². The van der Waals surface area contributed by atoms with Crippen LogP contribution in [0.3, 0.4) is 0 Å². The highest BCUT2D eigenvalue weighted by Crippen LogP contribution is 2.55. The van der Waals surface area contributed by atoms with Gasteiger partial charge in [-0.2, -0.15) is 8.42 Å². The fourth-order valence-electron chi connectivity index (χ4n) is 7.00. The molecular formula is C28H60O5SSi2. The van der Waals surface area contributed by atoms with E-state index in [1.165, 1.54) is 0 Å². The maximum absolute atomic E-state index is 13.8. The Bertz CT molecular complexity index is 669. The molecule has 36 heavy (non-hydrogen) atoms. The molecule has 0 amide bonds. The third-order valence-electron chi connectivity index (χ3n) is 9.15. The van der Waals surface area contributed by atoms with Crippen LogP contribution >= 0.6 is 0 Å². The first-order valence-electron chi connectivity index (χ1n) is 15.2. The van der Waals surface area contributed by atoms with Gasteiger partial charge >= 0.3 is 5.97 Å². The minimum absolute atomic E-state index is 0.487. The molecule has 0 aromatic rings. The number of hydrogen-bond acceptors (Lipinski definition) is 3. The smallest absolute Gasteiger partial charge is 0.324 e. The summed E-state index contributed by atoms with van der Waals surface area (Å²) < 4.78 is 36.7. The van der Waals surface area contributed by atoms with Crippen molar-refractivity contribution in [2.75, 3.05) is 0 Å². The van der Waals surface area contributed by atoms with E-state index in [0.29, 0.717) is 18.1 Å². The molecule has 0 aliphatic carbocycles. The third-order valence-corrected chi connectivity index (χ3v) is 25.5. The van der Waals surface area contributed by atoms with Crippen molar-refractivity contribution >= 4 is 32.2 Å². The van der Waals surface area contributed by atoms with Crippen molar-refractivity contribution in [3.63, 3.8) is 0 Å². The van der Waals surface area contributed by atoms with Crippen molar-refractivity contribution in [2.24, 2.45) is 0 Å². The zero-order valence-electron chi connectivity index (χ0n) is 24.8. The summed E-state index contributed by atoms with van der Waals surface area (Å²) in [6.45, 7) is 14.8. The number of hydrogen-bond donors (Lipinski definition) is 2. The highest BCUT2D eigenvalue weighted by atomic mass is 32.2. The van der Waals surface area contributed by atoms with E-state index in [-0.39, 0.29) is 0 Å². The van der Waals surface area contributed by atoms with Gasteiger partial charge in [0.15, 0.2) is 4.37 Å². The van der Waals surface area contributed by atoms with Crippen molar-refractivity contribution in [2.45, 2.75) is 172 Å². The molecule has 0 aromatic heterocycles. The van der Waals surface area contributed by atoms with Gasteiger partial charge in [0.1, 0.15) is 0 Å². The third kappa shape index (κ3) is 8.41. The second-order valence-corrected chi connectivity index (χ2v) is 23.4. The lowest BCUT2D eigenvalue weighted by atomic mass is 10.3. The molecule has 0 fully saturated rings. The van der Waals surface area contributed by atoms with Crippen LogP contribution in [0.2, 0.25) is 41.8 Å². The molecule has 0 bridgehead atoms. The molecule has 216 valence electrons. The minimum Gasteiger partial charge on any atom is -0.480 e. The van der Waals surface area contributed by atoms with E-state index >= 15 is 0 Å². The summed E-state index contributed by atoms with van der Waals surface area (Å²) >= 11 is 0. The largest absolute Gasteiger partial charge is 0.480 e. The lowest BCUT2D eigenvalue weighted by Crippen LogP contribution is -2.72. The van der Waals surface area contributed by atoms with Gasteiger partial charge in [-0.05, 0) is 5.54 Å². The molecular weight excluding hydrogens is 505 g/mol. The van der Waals surface area contributed by atoms with Crippen LogP contribution in [0.25, 0.3) is 0 Å². The topological polar surface area (TPSA) is 91.7 Å². The van der Waals surface area contributed by atoms with Crippen molar-refractivity contribution in [3.05, 3.63) is 0 Å². The van der Waals surface area contributed by atoms with E-state index in [1.54, 1.807) is 0 Å². The van der Waals surface area contributed by atoms with Gasteiger partial charge < -0.3 is 5.11 Å². The van der Waals surface area contributed by atoms with Crippen LogP contribution in [0.4, 0.5) is 0 Å². The van der Waals surface area contributed by atoms with Gasteiger partial charge in [0.05, 0.1) is 16.1 Å². The van der Waals surface area contributed by atoms with Gasteiger partial charge in [-0.1, -0.05) is 162 Å². The Labute approximate surface area is 226 Å². The van der Waals surface area contributed by atoms with Gasteiger partial charge in [0.2, 0.25) is 0 Å². The maximum atomic E-state index is 13.8. The van der Waals surface area contributed by atoms with E-state index in [4.69, 9.17) is 0 Å². The first-order valence-corrected chi connectivity index (χ1v) is 21.9. The first kappa shape index (κ1) is 35.8. The number of rotatable bonds is 23. The Morgan fingerprint density at radius 3 is 1.17 bits per heavy atom. The number of aliphatic carboxylic acids is 1. The monoisotopic (exact) mass is 564 g/mol. The number of carboxylic acids is 1. The highest BCUT2D eigenvalue weighted by molar-refractivity contribution is 7.90. The Morgan fingerprint density at radius 2 is 0.944 bits per heavy atom. The quantitative estimate of drug-likeness (QED) is 0.0952. The van der Waals surface area contributed by atoms with Crippen molar-refractivity contribution in [1.29, 1.82) is 0 Å². The van der Waals surface area contributed by atoms with E-state index in [2.05, 4.69) is 41.5 Å². The van der Waals surface area contributed by atoms with Gasteiger partial charge in [0, 0.05) is 0 Å². The predicted molar refractivity (Wildman–Crippen MR) is 161 cm³/mol. The fourth-order valence-corrected chi connectivity index (χ4v) is 26.3. The molecule has 2 N–H and O–H groups in total. The summed E-state index contributed by atoms with van der Waals surface area (Å²) in [6.07, 6.45) is 11.3. The normalized spacial score (nSPS) is 15.6. The lowest BCUT2D eigenvalue weighted by Gasteiger charge is -2.53. The summed E-state index contributed by atoms with van der Waals surface area (Å²) in [6, 6.07) is 4.94. The zero-order valence-corrected chi connectivity index (χ0v) is 27.6. The van der Waals surface area contributed by atoms with Crippen LogP contribution in [-0.2, 0) is 14.9 Å². The molecule has 2 unspecified atom stereocenters. The molecule has 0 aliphatic rings. The first-order chi connectivity index (χ1) is 17.0. The molecule has 0 heterocycles. The summed E-state index contributed by atoms with van der Waals surface area (Å²) in [7, 11) is -10.2. The molecule has 0 spiro atoms. The van der Waals surface area contributed by atoms with Crippen molar-refractivity contribution in [1.82, 2.24) is 0 Å². The molecule has 5 nitrogen and oxygen atoms in total. The molecule has 8 heteroatoms. The molecule has 0 radical (unpaired) electrons. The van der Waals surface area contributed by atoms with Gasteiger partial charge in [-0.3, -0.25) is 9.35 Å². The maximum Gasteiger partial charge on any atom is 0.324 e. The van der Waals surface area contributed by atoms with E-state index in [9.17, 15) is 22.9 Å². The average Bonchev–Trinajstić information content (AvgIpc) is 2.83. The Kier molecular flexibility index (Phi) is 17.3. The van der Waals surface area contributed by atoms with Gasteiger partial charge in [-0.25, -0.2) is 0 Å². The van der Waals surface area contributed by atoms with E-state index in [0.717, 1.165) is 95.2 Å². The van der Waals surface area contributed by atoms with Crippen LogP contribution in [0.15, 0.2) is 0 Å². The van der Waals surface area contributed by atoms with Crippen LogP contribution in [0, 0.1) is 0 Å². The molecule has 2 atom stereocenters. The number of carbonyl (C=O) groups is 1. The average molecular weight is 565 g/mol. The summed E-state index contributed by atoms with van der Waals surface area (Å²) in [5.74, 6) is -1.24. The van der Waals surface area contributed by atoms with Crippen LogP contribution in [-0.4, -0.2) is 44.6 Å². The highest BCUT2D eigenvalue weighted by Gasteiger charge is 2.70. The SMILES string of the molecule is CCCC[Si](CCCC)(CCCC)C(C)C(C(=O)O)([Si](CCCC)(CCCC)CCCC)S(=O)(=O)O. The summed E-state index contributed by atoms with van der Waals surface area (Å²) in [5.41, 5.74) is -0.487. The molecule has 0 saturated carbocycles. The second kappa shape index (κ2) is 17.4. The van der Waals surface area contributed by atoms with Crippen LogP contribution in [0.1, 0.15) is 126 Å². The minimum atomic E-state index is -4.84. The Hall–Kier alpha value is -0.186. The fraction of sp³-hybridized carbons (Fsp3) is 0.964. The summed E-state index contributed by atoms with van der Waals surface area (Å²) in [5, 5.41) is 11.1. The van der Waals surface area contributed by atoms with Crippen molar-refractivity contribution < 1.29 is 22.9 Å². The standard InChI is InChI=1S/C28H60O5SSi2/c1-8-14-20-35(21-15-9-2,22-16-10-3)26(7)28(27(29)30,34(31,32)33)36(23-17-11-4,24-18-12-5)25-19-13-6/h26H,8-25H2,1-7H3,(H,29,30)(H,31,32,33). The van der Waals surface area contributed by atoms with Crippen LogP contribution in [0.5, 0.6) is 0 Å². The molecule has 0 saturated heterocycles. The second-order valence-electron chi connectivity index (χ2n) is 11.5. The summed E-state index contributed by atoms with van der Waals surface area (Å²) in [4.78, 5) is 13.6. The lowest BCUT2D eigenvalue weighted by molar-refractivity contribution is -0.138. The van der Waals surface area contributed by atoms with E-state index in [1.807, 2.05) is 6.92 Å². The molecule has 0 aromatic carbocycles. The zero-order chi connectivity index (χ0) is 27.9. The van der Waals surface area contributed by atoms with Gasteiger partial charge in [0.25, 0.3) is 10.1 Å². The van der Waals surface area contributed by atoms with Gasteiger partial charge in [-0.15, -0.1) is 0 Å². The van der Waals surface area contributed by atoms with E-state index < -0.39 is 42.1 Å². The van der Waals surface area contributed by atoms with Crippen LogP contribution < -0.4 is 0 Å². The predicted octanol–water partition coefficient (Wildman–Crippen LogP) is 9.33. The number of unbranched alkanes of at least 4 members (excludes halogenated alkanes) is 6.